The molecule has 0 aliphatic rings. The zero-order valence-corrected chi connectivity index (χ0v) is 18.4. The minimum atomic E-state index is -1.63. The van der Waals surface area contributed by atoms with Gasteiger partial charge in [-0.2, -0.15) is 0 Å². The van der Waals surface area contributed by atoms with Gasteiger partial charge in [-0.1, -0.05) is 0 Å². The smallest absolute Gasteiger partial charge is 0.326 e. The molecule has 1 aromatic heterocycles. The van der Waals surface area contributed by atoms with Crippen LogP contribution in [0.3, 0.4) is 0 Å². The number of amides is 3. The molecule has 190 valence electrons. The highest BCUT2D eigenvalue weighted by Gasteiger charge is 2.31. The summed E-state index contributed by atoms with van der Waals surface area (Å²) in [6, 6.07) is -5.57. The Morgan fingerprint density at radius 1 is 0.971 bits per heavy atom. The highest BCUT2D eigenvalue weighted by Crippen LogP contribution is 2.05. The summed E-state index contributed by atoms with van der Waals surface area (Å²) in [4.78, 5) is 66.9. The summed E-state index contributed by atoms with van der Waals surface area (Å²) >= 11 is 0. The van der Waals surface area contributed by atoms with Crippen LogP contribution in [0.25, 0.3) is 0 Å². The van der Waals surface area contributed by atoms with E-state index in [2.05, 4.69) is 25.9 Å². The number of hydrogen-bond donors (Lipinski definition) is 9. The fourth-order valence-corrected chi connectivity index (χ4v) is 2.87. The number of aliphatic hydroxyl groups is 1. The van der Waals surface area contributed by atoms with Gasteiger partial charge in [0.25, 0.3) is 0 Å². The average molecular weight is 485 g/mol. The second-order valence-corrected chi connectivity index (χ2v) is 7.47. The molecular weight excluding hydrogens is 454 g/mol. The maximum atomic E-state index is 12.9. The van der Waals surface area contributed by atoms with Crippen LogP contribution in [0.2, 0.25) is 0 Å². The molecular formula is C19H31N7O8. The zero-order chi connectivity index (χ0) is 25.7. The minimum absolute atomic E-state index is 0.0591. The number of unbranched alkanes of at least 4 members (excludes halogenated alkanes) is 1. The number of nitrogens with one attached hydrogen (secondary N) is 4. The molecule has 1 aromatic rings. The molecule has 0 bridgehead atoms. The molecule has 0 spiro atoms. The molecule has 3 amide bonds. The van der Waals surface area contributed by atoms with Gasteiger partial charge >= 0.3 is 11.9 Å². The number of aromatic nitrogens is 2. The van der Waals surface area contributed by atoms with Crippen molar-refractivity contribution >= 4 is 29.7 Å². The van der Waals surface area contributed by atoms with Crippen LogP contribution < -0.4 is 27.4 Å². The second kappa shape index (κ2) is 14.6. The predicted octanol–water partition coefficient (Wildman–Crippen LogP) is -3.59. The number of carbonyl (C=O) groups is 5. The van der Waals surface area contributed by atoms with E-state index >= 15 is 0 Å². The number of rotatable bonds is 16. The Hall–Kier alpha value is -3.56. The van der Waals surface area contributed by atoms with Crippen molar-refractivity contribution in [1.82, 2.24) is 25.9 Å². The van der Waals surface area contributed by atoms with Crippen molar-refractivity contribution in [2.75, 3.05) is 13.2 Å². The Balaban J connectivity index is 3.00. The number of H-pyrrole nitrogens is 1. The highest BCUT2D eigenvalue weighted by atomic mass is 16.4. The van der Waals surface area contributed by atoms with Gasteiger partial charge in [0.15, 0.2) is 0 Å². The fourth-order valence-electron chi connectivity index (χ4n) is 2.87. The van der Waals surface area contributed by atoms with E-state index in [1.807, 2.05) is 0 Å². The number of hydrogen-bond acceptors (Lipinski definition) is 9. The van der Waals surface area contributed by atoms with Crippen LogP contribution in [0, 0.1) is 0 Å². The summed E-state index contributed by atoms with van der Waals surface area (Å²) in [5.74, 6) is -5.55. The van der Waals surface area contributed by atoms with Gasteiger partial charge in [0, 0.05) is 18.3 Å². The van der Waals surface area contributed by atoms with Crippen LogP contribution in [0.4, 0.5) is 0 Å². The molecule has 4 atom stereocenters. The lowest BCUT2D eigenvalue weighted by atomic mass is 10.1. The number of aromatic amines is 1. The number of aliphatic carboxylic acids is 2. The summed E-state index contributed by atoms with van der Waals surface area (Å²) in [5.41, 5.74) is 11.3. The number of aliphatic hydroxyl groups excluding tert-OH is 1. The van der Waals surface area contributed by atoms with Crippen LogP contribution in [0.1, 0.15) is 31.4 Å². The normalized spacial score (nSPS) is 14.3. The lowest BCUT2D eigenvalue weighted by Gasteiger charge is -2.24. The number of imidazole rings is 1. The molecule has 11 N–H and O–H groups in total. The molecule has 0 aromatic carbocycles. The molecule has 0 saturated carbocycles. The third-order valence-corrected chi connectivity index (χ3v) is 4.72. The number of nitrogens with zero attached hydrogens (tertiary/aromatic N) is 1. The highest BCUT2D eigenvalue weighted by molar-refractivity contribution is 5.95. The summed E-state index contributed by atoms with van der Waals surface area (Å²) in [6.45, 7) is -0.351. The summed E-state index contributed by atoms with van der Waals surface area (Å²) in [5, 5.41) is 34.4. The SMILES string of the molecule is NCCCCC(NC(=O)C(CC(=O)O)NC(=O)C(Cc1cnc[nH]1)NC(=O)C(N)CO)C(=O)O. The van der Waals surface area contributed by atoms with Gasteiger partial charge in [-0.25, -0.2) is 9.78 Å². The predicted molar refractivity (Wildman–Crippen MR) is 116 cm³/mol. The summed E-state index contributed by atoms with van der Waals surface area (Å²) in [6.07, 6.45) is 2.76. The fraction of sp³-hybridized carbons (Fsp3) is 0.579. The van der Waals surface area contributed by atoms with E-state index < -0.39 is 66.9 Å². The first-order valence-electron chi connectivity index (χ1n) is 10.5. The third-order valence-electron chi connectivity index (χ3n) is 4.72. The Kier molecular flexibility index (Phi) is 12.2. The van der Waals surface area contributed by atoms with Gasteiger partial charge in [0.1, 0.15) is 24.2 Å². The minimum Gasteiger partial charge on any atom is -0.481 e. The van der Waals surface area contributed by atoms with E-state index in [-0.39, 0.29) is 12.8 Å². The van der Waals surface area contributed by atoms with E-state index in [0.29, 0.717) is 25.1 Å². The quantitative estimate of drug-likeness (QED) is 0.103. The molecule has 4 unspecified atom stereocenters. The van der Waals surface area contributed by atoms with Gasteiger partial charge in [0.05, 0.1) is 19.4 Å². The van der Waals surface area contributed by atoms with Crippen molar-refractivity contribution in [2.45, 2.75) is 56.3 Å². The molecule has 0 aliphatic carbocycles. The number of nitrogens with two attached hydrogens (primary N) is 2. The lowest BCUT2D eigenvalue weighted by molar-refractivity contribution is -0.143. The maximum absolute atomic E-state index is 12.9. The van der Waals surface area contributed by atoms with Crippen molar-refractivity contribution in [3.05, 3.63) is 18.2 Å². The lowest BCUT2D eigenvalue weighted by Crippen LogP contribution is -2.58. The van der Waals surface area contributed by atoms with Crippen LogP contribution >= 0.6 is 0 Å². The van der Waals surface area contributed by atoms with Gasteiger partial charge < -0.3 is 47.7 Å². The Morgan fingerprint density at radius 2 is 1.59 bits per heavy atom. The number of carboxylic acid groups (broad SMARTS) is 2. The molecule has 0 radical (unpaired) electrons. The third kappa shape index (κ3) is 9.93. The topological polar surface area (TPSA) is 263 Å². The van der Waals surface area contributed by atoms with E-state index in [0.717, 1.165) is 0 Å². The largest absolute Gasteiger partial charge is 0.481 e. The first-order chi connectivity index (χ1) is 16.1. The molecule has 0 aliphatic heterocycles. The van der Waals surface area contributed by atoms with Gasteiger partial charge in [-0.15, -0.1) is 0 Å². The van der Waals surface area contributed by atoms with Crippen LogP contribution in [0.15, 0.2) is 12.5 Å². The first kappa shape index (κ1) is 28.5. The van der Waals surface area contributed by atoms with E-state index in [1.165, 1.54) is 12.5 Å². The molecule has 1 rings (SSSR count). The van der Waals surface area contributed by atoms with Gasteiger partial charge in [-0.05, 0) is 25.8 Å². The molecule has 1 heterocycles. The molecule has 0 saturated heterocycles. The van der Waals surface area contributed by atoms with Crippen LogP contribution in [-0.2, 0) is 30.4 Å². The summed E-state index contributed by atoms with van der Waals surface area (Å²) < 4.78 is 0. The monoisotopic (exact) mass is 485 g/mol. The van der Waals surface area contributed by atoms with Crippen LogP contribution in [-0.4, -0.2) is 92.3 Å². The maximum Gasteiger partial charge on any atom is 0.326 e. The van der Waals surface area contributed by atoms with Gasteiger partial charge in [-0.3, -0.25) is 19.2 Å². The Labute approximate surface area is 194 Å². The molecule has 34 heavy (non-hydrogen) atoms. The summed E-state index contributed by atoms with van der Waals surface area (Å²) in [7, 11) is 0. The second-order valence-electron chi connectivity index (χ2n) is 7.47. The zero-order valence-electron chi connectivity index (χ0n) is 18.4. The standard InChI is InChI=1S/C19H31N7O8/c20-4-2-1-3-12(19(33)34)24-18(32)14(6-15(28)29)26-17(31)13(5-10-7-22-9-23-10)25-16(30)11(21)8-27/h7,9,11-14,27H,1-6,8,20-21H2,(H,22,23)(H,24,32)(H,25,30)(H,26,31)(H,28,29)(H,33,34). The van der Waals surface area contributed by atoms with Gasteiger partial charge in [0.2, 0.25) is 17.7 Å². The van der Waals surface area contributed by atoms with Crippen molar-refractivity contribution < 1.29 is 39.3 Å². The van der Waals surface area contributed by atoms with E-state index in [4.69, 9.17) is 21.7 Å². The first-order valence-corrected chi connectivity index (χ1v) is 10.5. The number of carboxylic acids is 2. The van der Waals surface area contributed by atoms with E-state index in [1.54, 1.807) is 0 Å². The Morgan fingerprint density at radius 3 is 2.12 bits per heavy atom. The molecule has 15 nitrogen and oxygen atoms in total. The van der Waals surface area contributed by atoms with Crippen molar-refractivity contribution in [3.63, 3.8) is 0 Å². The number of carbonyl (C=O) groups excluding carboxylic acids is 3. The van der Waals surface area contributed by atoms with Crippen molar-refractivity contribution in [3.8, 4) is 0 Å². The van der Waals surface area contributed by atoms with Crippen LogP contribution in [0.5, 0.6) is 0 Å². The molecule has 0 fully saturated rings. The average Bonchev–Trinajstić information content (AvgIpc) is 3.29. The van der Waals surface area contributed by atoms with Crippen molar-refractivity contribution in [1.29, 1.82) is 0 Å². The van der Waals surface area contributed by atoms with E-state index in [9.17, 15) is 29.1 Å². The van der Waals surface area contributed by atoms with Crippen molar-refractivity contribution in [2.24, 2.45) is 11.5 Å². The Bertz CT molecular complexity index is 833. The molecule has 15 heteroatoms.